The van der Waals surface area contributed by atoms with Crippen molar-refractivity contribution in [2.45, 2.75) is 111 Å². The third-order valence-corrected chi connectivity index (χ3v) is 10.7. The third kappa shape index (κ3) is 4.11. The summed E-state index contributed by atoms with van der Waals surface area (Å²) in [4.78, 5) is 28.9. The summed E-state index contributed by atoms with van der Waals surface area (Å²) < 4.78 is 12.2. The topological polar surface area (TPSA) is 55.8 Å². The first-order valence-corrected chi connectivity index (χ1v) is 16.8. The number of nitrogens with zero attached hydrogens (tertiary/aromatic N) is 1. The van der Waals surface area contributed by atoms with Gasteiger partial charge in [0.1, 0.15) is 0 Å². The lowest BCUT2D eigenvalue weighted by molar-refractivity contribution is -0.200. The molecule has 1 saturated heterocycles. The van der Waals surface area contributed by atoms with Crippen LogP contribution in [0.4, 0.5) is 0 Å². The van der Waals surface area contributed by atoms with Gasteiger partial charge in [-0.1, -0.05) is 33.9 Å². The third-order valence-electron chi connectivity index (χ3n) is 6.77. The highest BCUT2D eigenvalue weighted by Gasteiger charge is 2.76. The van der Waals surface area contributed by atoms with Gasteiger partial charge in [-0.3, -0.25) is 9.59 Å². The molecular weight excluding hydrogens is 398 g/mol. The van der Waals surface area contributed by atoms with E-state index in [-0.39, 0.29) is 28.9 Å². The molecule has 0 radical (unpaired) electrons. The highest BCUT2D eigenvalue weighted by molar-refractivity contribution is 6.66. The number of carbonyl (C=O) groups excluding carboxylic acids is 2. The van der Waals surface area contributed by atoms with Gasteiger partial charge in [-0.15, -0.1) is 0 Å². The first-order chi connectivity index (χ1) is 12.9. The minimum Gasteiger partial charge on any atom is -0.466 e. The van der Waals surface area contributed by atoms with Gasteiger partial charge in [0.2, 0.25) is 5.91 Å². The van der Waals surface area contributed by atoms with E-state index in [1.807, 2.05) is 39.5 Å². The molecule has 0 bridgehead atoms. The Kier molecular flexibility index (Phi) is 7.69. The molecule has 29 heavy (non-hydrogen) atoms. The maximum absolute atomic E-state index is 14.1. The van der Waals surface area contributed by atoms with Crippen molar-refractivity contribution in [2.24, 2.45) is 11.3 Å². The number of hydrogen-bond donors (Lipinski definition) is 0. The minimum absolute atomic E-state index is 0.153. The molecule has 0 aromatic heterocycles. The van der Waals surface area contributed by atoms with Gasteiger partial charge in [0.25, 0.3) is 0 Å². The summed E-state index contributed by atoms with van der Waals surface area (Å²) in [5, 5.41) is -0.665. The van der Waals surface area contributed by atoms with Gasteiger partial charge in [0.15, 0.2) is 9.04 Å². The summed E-state index contributed by atoms with van der Waals surface area (Å²) in [5.41, 5.74) is -1.28. The fraction of sp³-hybridized carbons (Fsp3) is 0.909. The lowest BCUT2D eigenvalue weighted by atomic mass is 9.59. The molecule has 1 fully saturated rings. The van der Waals surface area contributed by atoms with Crippen molar-refractivity contribution in [3.05, 3.63) is 0 Å². The van der Waals surface area contributed by atoms with Crippen LogP contribution in [0.15, 0.2) is 0 Å². The van der Waals surface area contributed by atoms with Crippen molar-refractivity contribution in [2.75, 3.05) is 6.61 Å². The number of likely N-dealkylation sites (tertiary alicyclic amines) is 1. The molecule has 2 unspecified atom stereocenters. The van der Waals surface area contributed by atoms with Gasteiger partial charge in [-0.05, 0) is 60.1 Å². The maximum atomic E-state index is 14.1. The van der Waals surface area contributed by atoms with Gasteiger partial charge >= 0.3 is 5.97 Å². The van der Waals surface area contributed by atoms with E-state index in [9.17, 15) is 9.59 Å². The second kappa shape index (κ2) is 8.46. The van der Waals surface area contributed by atoms with Crippen LogP contribution in [0.5, 0.6) is 0 Å². The van der Waals surface area contributed by atoms with Gasteiger partial charge in [-0.25, -0.2) is 0 Å². The summed E-state index contributed by atoms with van der Waals surface area (Å²) in [6.45, 7) is 27.7. The first kappa shape index (κ1) is 26.4. The van der Waals surface area contributed by atoms with E-state index >= 15 is 0 Å². The molecule has 0 spiro atoms. The Morgan fingerprint density at radius 3 is 1.90 bits per heavy atom. The van der Waals surface area contributed by atoms with Crippen LogP contribution in [0, 0.1) is 11.3 Å². The van der Waals surface area contributed by atoms with Crippen LogP contribution in [0.1, 0.15) is 62.3 Å². The normalized spacial score (nSPS) is 26.4. The average Bonchev–Trinajstić information content (AvgIpc) is 2.48. The Morgan fingerprint density at radius 2 is 1.59 bits per heavy atom. The summed E-state index contributed by atoms with van der Waals surface area (Å²) >= 11 is 0. The molecule has 0 saturated carbocycles. The summed E-state index contributed by atoms with van der Waals surface area (Å²) in [6.07, 6.45) is 0. The zero-order valence-electron chi connectivity index (χ0n) is 21.1. The number of rotatable bonds is 7. The summed E-state index contributed by atoms with van der Waals surface area (Å²) in [7, 11) is -3.11. The minimum atomic E-state index is -1.64. The Morgan fingerprint density at radius 1 is 1.10 bits per heavy atom. The van der Waals surface area contributed by atoms with Gasteiger partial charge in [0.05, 0.1) is 38.0 Å². The molecule has 7 heteroatoms. The van der Waals surface area contributed by atoms with E-state index in [1.165, 1.54) is 0 Å². The van der Waals surface area contributed by atoms with Crippen LogP contribution < -0.4 is 0 Å². The van der Waals surface area contributed by atoms with Crippen LogP contribution in [-0.2, 0) is 18.8 Å². The van der Waals surface area contributed by atoms with E-state index in [2.05, 4.69) is 53.9 Å². The SMILES string of the molecule is CCOC(=O)C(C)[C@@H]1N(C(C)(C)C)C(=O)[C@@]1([SiH](C)C)C(C)(O[SiH](C)C)C(C)(C)C. The summed E-state index contributed by atoms with van der Waals surface area (Å²) in [5.74, 6) is -0.475. The van der Waals surface area contributed by atoms with Crippen molar-refractivity contribution in [3.63, 3.8) is 0 Å². The molecule has 4 atom stereocenters. The van der Waals surface area contributed by atoms with E-state index in [1.54, 1.807) is 0 Å². The Balaban J connectivity index is 3.82. The molecule has 0 aliphatic carbocycles. The van der Waals surface area contributed by atoms with Crippen LogP contribution in [0.2, 0.25) is 31.2 Å². The predicted molar refractivity (Wildman–Crippen MR) is 126 cm³/mol. The predicted octanol–water partition coefficient (Wildman–Crippen LogP) is 4.23. The average molecular weight is 444 g/mol. The molecular formula is C22H45NO4Si2. The Labute approximate surface area is 182 Å². The molecule has 0 aromatic carbocycles. The van der Waals surface area contributed by atoms with Crippen molar-refractivity contribution >= 4 is 29.7 Å². The van der Waals surface area contributed by atoms with Gasteiger partial charge in [-0.2, -0.15) is 0 Å². The molecule has 1 rings (SSSR count). The number of esters is 1. The van der Waals surface area contributed by atoms with E-state index in [0.29, 0.717) is 6.61 Å². The summed E-state index contributed by atoms with van der Waals surface area (Å²) in [6, 6.07) is -0.224. The highest BCUT2D eigenvalue weighted by atomic mass is 28.3. The molecule has 5 nitrogen and oxygen atoms in total. The molecule has 1 aliphatic rings. The fourth-order valence-corrected chi connectivity index (χ4v) is 10.3. The largest absolute Gasteiger partial charge is 0.466 e. The lowest BCUT2D eigenvalue weighted by Crippen LogP contribution is -2.83. The van der Waals surface area contributed by atoms with Gasteiger partial charge in [0, 0.05) is 5.54 Å². The smallest absolute Gasteiger partial charge is 0.310 e. The second-order valence-corrected chi connectivity index (χ2v) is 16.9. The molecule has 170 valence electrons. The van der Waals surface area contributed by atoms with Crippen LogP contribution in [0.3, 0.4) is 0 Å². The molecule has 1 amide bonds. The molecule has 0 aromatic rings. The van der Waals surface area contributed by atoms with Crippen LogP contribution in [0.25, 0.3) is 0 Å². The first-order valence-electron chi connectivity index (χ1n) is 11.1. The lowest BCUT2D eigenvalue weighted by Gasteiger charge is -2.71. The zero-order chi connectivity index (χ0) is 23.2. The van der Waals surface area contributed by atoms with Crippen molar-refractivity contribution < 1.29 is 18.8 Å². The standard InChI is InChI=1S/C22H45NO4Si2/c1-14-26-17(24)15(2)16-22(28(10)11,18(25)23(16)20(6,7)8)21(9,19(3,4)5)27-29(12)13/h15-16,28-29H,14H2,1-13H3/t15?,16-,21?,22+/m0/s1. The number of β-lactam (4-membered cyclic amide) rings is 1. The van der Waals surface area contributed by atoms with Crippen molar-refractivity contribution in [1.29, 1.82) is 0 Å². The maximum Gasteiger partial charge on any atom is 0.310 e. The number of hydrogen-bond acceptors (Lipinski definition) is 4. The Bertz CT molecular complexity index is 623. The number of carbonyl (C=O) groups is 2. The number of amides is 1. The van der Waals surface area contributed by atoms with Crippen LogP contribution in [-0.4, -0.2) is 58.4 Å². The van der Waals surface area contributed by atoms with E-state index in [4.69, 9.17) is 9.16 Å². The van der Waals surface area contributed by atoms with Crippen molar-refractivity contribution in [3.8, 4) is 0 Å². The van der Waals surface area contributed by atoms with E-state index in [0.717, 1.165) is 0 Å². The van der Waals surface area contributed by atoms with Crippen LogP contribution >= 0.6 is 0 Å². The zero-order valence-corrected chi connectivity index (χ0v) is 23.4. The number of ether oxygens (including phenoxy) is 1. The quantitative estimate of drug-likeness (QED) is 0.336. The second-order valence-electron chi connectivity index (χ2n) is 11.3. The molecule has 1 heterocycles. The van der Waals surface area contributed by atoms with Crippen molar-refractivity contribution in [1.82, 2.24) is 4.90 Å². The molecule has 1 aliphatic heterocycles. The van der Waals surface area contributed by atoms with E-state index < -0.39 is 34.4 Å². The van der Waals surface area contributed by atoms with Gasteiger partial charge < -0.3 is 14.1 Å². The fourth-order valence-electron chi connectivity index (χ4n) is 5.32. The monoisotopic (exact) mass is 443 g/mol. The molecule has 0 N–H and O–H groups in total. The highest BCUT2D eigenvalue weighted by Crippen LogP contribution is 2.66. The Hall–Kier alpha value is -0.666.